The molecule has 0 spiro atoms. The van der Waals surface area contributed by atoms with Gasteiger partial charge in [0.25, 0.3) is 52.3 Å². The number of amides is 2. The van der Waals surface area contributed by atoms with Gasteiger partial charge in [-0.2, -0.15) is 63.6 Å². The Hall–Kier alpha value is -13.2. The molecular formula is C80H60N14O32S8. The smallest absolute Gasteiger partial charge is 0.328 e. The fourth-order valence-electron chi connectivity index (χ4n) is 15.4. The predicted molar refractivity (Wildman–Crippen MR) is 468 cm³/mol. The number of nitrogens with zero attached hydrogens (tertiary/aromatic N) is 8. The second-order valence-electron chi connectivity index (χ2n) is 28.7. The molecule has 6 aliphatic rings. The van der Waals surface area contributed by atoms with Crippen LogP contribution >= 0.6 is 48.2 Å². The van der Waals surface area contributed by atoms with Crippen LogP contribution in [-0.4, -0.2) is 187 Å². The summed E-state index contributed by atoms with van der Waals surface area (Å²) < 4.78 is 176. The molecule has 0 bridgehead atoms. The Balaban J connectivity index is 0.740. The lowest BCUT2D eigenvalue weighted by atomic mass is 9.65. The highest BCUT2D eigenvalue weighted by molar-refractivity contribution is 7.95. The number of allylic oxidation sites excluding steroid dienone is 2. The molecule has 0 fully saturated rings. The summed E-state index contributed by atoms with van der Waals surface area (Å²) in [4.78, 5) is 115. The number of ether oxygens (including phenoxy) is 2. The van der Waals surface area contributed by atoms with Crippen LogP contribution in [0.2, 0.25) is 0 Å². The number of aromatic nitrogens is 6. The molecule has 0 radical (unpaired) electrons. The number of rotatable bonds is 37. The van der Waals surface area contributed by atoms with Crippen LogP contribution in [0.25, 0.3) is 11.1 Å². The first-order valence-electron chi connectivity index (χ1n) is 38.0. The molecule has 2 aliphatic heterocycles. The number of nitrogens with one attached hydrogen (secondary N) is 6. The van der Waals surface area contributed by atoms with Gasteiger partial charge in [-0.25, -0.2) is 21.0 Å². The first-order chi connectivity index (χ1) is 64.1. The highest BCUT2D eigenvalue weighted by Crippen LogP contribution is 2.54. The molecule has 16 rings (SSSR count). The molecule has 46 nitrogen and oxygen atoms in total. The zero-order valence-electron chi connectivity index (χ0n) is 67.4. The molecule has 54 heteroatoms. The number of Topliss-reactive ketones (excluding diaryl/α,β-unsaturated/α-hetero) is 4. The van der Waals surface area contributed by atoms with Crippen molar-refractivity contribution in [2.45, 2.75) is 51.2 Å². The van der Waals surface area contributed by atoms with Gasteiger partial charge in [-0.15, -0.1) is 17.3 Å². The second-order valence-corrected chi connectivity index (χ2v) is 37.4. The fourth-order valence-corrected chi connectivity index (χ4v) is 19.5. The van der Waals surface area contributed by atoms with Crippen LogP contribution in [0.1, 0.15) is 52.6 Å². The predicted octanol–water partition coefficient (Wildman–Crippen LogP) is 11.8. The highest BCUT2D eigenvalue weighted by Gasteiger charge is 2.53. The van der Waals surface area contributed by atoms with Crippen molar-refractivity contribution in [2.75, 3.05) is 59.1 Å². The molecule has 10 aromatic rings. The van der Waals surface area contributed by atoms with Crippen LogP contribution in [0, 0.1) is 11.8 Å². The van der Waals surface area contributed by atoms with Gasteiger partial charge in [0.05, 0.1) is 114 Å². The number of anilines is 8. The molecule has 2 amide bonds. The number of fused-ring (bicyclic) bond motifs is 4. The van der Waals surface area contributed by atoms with Gasteiger partial charge >= 0.3 is 12.0 Å². The normalized spacial score (nSPS) is 16.9. The van der Waals surface area contributed by atoms with E-state index < -0.39 is 160 Å². The highest BCUT2D eigenvalue weighted by atomic mass is 32.2. The Labute approximate surface area is 771 Å². The van der Waals surface area contributed by atoms with Crippen LogP contribution in [0.3, 0.4) is 0 Å². The number of carbonyl (C=O) groups is 6. The van der Waals surface area contributed by atoms with E-state index in [0.717, 1.165) is 60.7 Å². The molecule has 4 aliphatic carbocycles. The monoisotopic (exact) mass is 1980 g/mol. The average Bonchev–Trinajstić information content (AvgIpc) is 0.708. The maximum absolute atomic E-state index is 15.2. The zero-order chi connectivity index (χ0) is 95.0. The van der Waals surface area contributed by atoms with Crippen LogP contribution in [0.4, 0.5) is 46.5 Å². The molecule has 690 valence electrons. The Morgan fingerprint density at radius 1 is 0.396 bits per heavy atom. The summed E-state index contributed by atoms with van der Waals surface area (Å²) in [5.41, 5.74) is -2.35. The minimum atomic E-state index is -5.40. The van der Waals surface area contributed by atoms with Crippen molar-refractivity contribution < 1.29 is 149 Å². The third-order valence-corrected chi connectivity index (χ3v) is 26.9. The topological polar surface area (TPSA) is 649 Å². The van der Waals surface area contributed by atoms with Crippen molar-refractivity contribution in [3.63, 3.8) is 0 Å². The maximum atomic E-state index is 15.2. The van der Waals surface area contributed by atoms with Crippen LogP contribution in [0.5, 0.6) is 23.5 Å². The van der Waals surface area contributed by atoms with E-state index in [4.69, 9.17) is 28.7 Å². The van der Waals surface area contributed by atoms with Crippen molar-refractivity contribution in [1.29, 1.82) is 0 Å². The number of ketones is 4. The Bertz CT molecular complexity index is 7260. The quantitative estimate of drug-likeness (QED) is 0.00327. The maximum Gasteiger partial charge on any atom is 0.328 e. The van der Waals surface area contributed by atoms with E-state index in [1.54, 1.807) is 30.3 Å². The van der Waals surface area contributed by atoms with Crippen molar-refractivity contribution in [3.8, 4) is 23.5 Å². The van der Waals surface area contributed by atoms with E-state index >= 15 is 9.59 Å². The van der Waals surface area contributed by atoms with Gasteiger partial charge in [0.1, 0.15) is 21.3 Å². The summed E-state index contributed by atoms with van der Waals surface area (Å²) >= 11 is 1.52. The first kappa shape index (κ1) is 94.0. The Morgan fingerprint density at radius 3 is 1.25 bits per heavy atom. The molecule has 2 aromatic heterocycles. The number of benzene rings is 8. The number of hydrogen-bond acceptors (Lipinski definition) is 44. The van der Waals surface area contributed by atoms with Crippen molar-refractivity contribution in [2.24, 2.45) is 11.8 Å². The fraction of sp³-hybridized carbons (Fsp3) is 0.100. The third-order valence-electron chi connectivity index (χ3n) is 21.0. The number of carbonyl (C=O) groups excluding carboxylic acids is 6. The SMILES string of the molecule is CN1C(=O)C(C(=O)c2cccc(SOOO)c2)=C2c3ccccc3C(=O)C3=C(Nc4cc(Nc5nc(NCCNc6nc(Nc7cc(NC8=C9C(=O)c%10ccccc%10C%10=C(C(=O)c%11cccc(S(=O)(=O)O)c%11)C(=O)N(C)C(C=C8)C9%10)c(S(=O)(=O)O)cc7SOOO)nc(Oc7ccc(S(=O)(=O)O)cc7)n6)nc(Oc6ccc(SOOO)cc6)n5)c(S(=O)(=O)O)cc4SOOO)C=CC1C32. The van der Waals surface area contributed by atoms with E-state index in [9.17, 15) is 81.6 Å². The lowest BCUT2D eigenvalue weighted by Crippen LogP contribution is -2.51. The Morgan fingerprint density at radius 2 is 0.791 bits per heavy atom. The number of likely N-dealkylation sites (N-methyl/N-ethyl adjacent to an activating group) is 2. The van der Waals surface area contributed by atoms with Crippen molar-refractivity contribution in [1.82, 2.24) is 39.7 Å². The van der Waals surface area contributed by atoms with E-state index in [1.165, 1.54) is 127 Å². The Kier molecular flexibility index (Phi) is 27.2. The summed E-state index contributed by atoms with van der Waals surface area (Å²) in [5, 5.41) is 69.5. The van der Waals surface area contributed by atoms with Gasteiger partial charge < -0.3 is 51.2 Å². The average molecular weight is 1990 g/mol. The van der Waals surface area contributed by atoms with Crippen LogP contribution < -0.4 is 41.4 Å². The lowest BCUT2D eigenvalue weighted by Gasteiger charge is -2.45. The lowest BCUT2D eigenvalue weighted by molar-refractivity contribution is -0.432. The summed E-state index contributed by atoms with van der Waals surface area (Å²) in [5.74, 6) is -8.82. The summed E-state index contributed by atoms with van der Waals surface area (Å²) in [6, 6.07) is 33.0. The summed E-state index contributed by atoms with van der Waals surface area (Å²) in [7, 11) is -17.6. The van der Waals surface area contributed by atoms with E-state index in [1.807, 2.05) is 0 Å². The molecule has 0 saturated heterocycles. The van der Waals surface area contributed by atoms with Gasteiger partial charge in [-0.1, -0.05) is 105 Å². The minimum Gasteiger partial charge on any atom is -0.424 e. The van der Waals surface area contributed by atoms with E-state index in [2.05, 4.69) is 90.6 Å². The molecule has 134 heavy (non-hydrogen) atoms. The largest absolute Gasteiger partial charge is 0.424 e. The van der Waals surface area contributed by atoms with Gasteiger partial charge in [0, 0.05) is 93.6 Å². The third kappa shape index (κ3) is 19.6. The molecular weight excluding hydrogens is 1930 g/mol. The van der Waals surface area contributed by atoms with Crippen LogP contribution in [0.15, 0.2) is 267 Å². The second kappa shape index (κ2) is 38.8. The molecule has 14 N–H and O–H groups in total. The van der Waals surface area contributed by atoms with E-state index in [0.29, 0.717) is 29.0 Å². The molecule has 4 atom stereocenters. The molecule has 4 heterocycles. The minimum absolute atomic E-state index is 0.000504. The van der Waals surface area contributed by atoms with Gasteiger partial charge in [0.15, 0.2) is 23.1 Å². The molecule has 4 unspecified atom stereocenters. The first-order valence-corrected chi connectivity index (χ1v) is 46.8. The summed E-state index contributed by atoms with van der Waals surface area (Å²) in [6.07, 6.45) is 5.87. The standard InChI is InChI=1S/C80H60N14O32S8/c1-93-55-27-25-49(63-65(55)61(45-13-3-5-15-47(45)71(63)97)67(73(93)99)69(95)37-9-7-11-42(31-37)128-124-120-102)83-51-33-54(60(134(114,115)116)35-57(51)129-125-121-103)86-78-88-76(90-80(92-78)117-39-17-21-41(22-18-39)127-123-119-101)82-30-29-81-75-87-77(91-79(89-75)118-40-19-23-43(24-20-40)131(105,106)107)85-52-34-53(59(133(111,112)113)36-58(52)130-126-122-104)84-50-26-28-56-66-62(46-14-4-6-16-48(46)72(98)64(50)66)68(74(100)94(56)2)70(96)38-10-8-12-44(32-38)132(108,109)110/h3-28,31-36,55-56,65-66,83-84,101-104H,29-30H2,1-2H3,(H,105,106,107)(H,108,109,110)(H,111,112,113)(H,114,115,116)(H2,81,85,87,89,91)(H2,82,86,88,90,92). The van der Waals surface area contributed by atoms with Crippen LogP contribution in [-0.2, 0) is 87.5 Å². The van der Waals surface area contributed by atoms with Gasteiger partial charge in [0.2, 0.25) is 23.8 Å². The molecule has 0 saturated carbocycles. The van der Waals surface area contributed by atoms with E-state index in [-0.39, 0.29) is 159 Å². The van der Waals surface area contributed by atoms with Gasteiger partial charge in [-0.05, 0) is 131 Å². The van der Waals surface area contributed by atoms with Gasteiger partial charge in [-0.3, -0.25) is 47.0 Å². The zero-order valence-corrected chi connectivity index (χ0v) is 74.0. The number of hydrogen-bond donors (Lipinski definition) is 14. The van der Waals surface area contributed by atoms with Crippen molar-refractivity contribution in [3.05, 3.63) is 261 Å². The summed E-state index contributed by atoms with van der Waals surface area (Å²) in [6.45, 7) is -0.555. The molecule has 8 aromatic carbocycles. The van der Waals surface area contributed by atoms with Crippen molar-refractivity contribution >= 4 is 181 Å².